The molecule has 2 heterocycles. The number of benzene rings is 1. The number of thioether (sulfide) groups is 1. The van der Waals surface area contributed by atoms with Crippen LogP contribution >= 0.6 is 11.8 Å². The molecule has 7 heteroatoms. The fraction of sp³-hybridized carbons (Fsp3) is 0.462. The van der Waals surface area contributed by atoms with Crippen molar-refractivity contribution in [2.45, 2.75) is 18.2 Å². The standard InChI is InChI=1S/C13H16N2O3S2/c1-8-3-4-11(18-2)9(5-8)15-10-6-20(16,17)7-12(10)19-13(15)14/h3-5,10,12,14H,6-7H2,1-2H3. The summed E-state index contributed by atoms with van der Waals surface area (Å²) >= 11 is 1.34. The van der Waals surface area contributed by atoms with Crippen LogP contribution in [0.25, 0.3) is 0 Å². The Kier molecular flexibility index (Phi) is 3.21. The molecule has 2 aliphatic heterocycles. The molecule has 0 aliphatic carbocycles. The van der Waals surface area contributed by atoms with Crippen molar-refractivity contribution in [2.24, 2.45) is 0 Å². The molecule has 5 nitrogen and oxygen atoms in total. The number of ether oxygens (including phenoxy) is 1. The Bertz CT molecular complexity index is 672. The molecule has 0 spiro atoms. The van der Waals surface area contributed by atoms with Crippen LogP contribution in [0.2, 0.25) is 0 Å². The van der Waals surface area contributed by atoms with E-state index in [9.17, 15) is 8.42 Å². The Labute approximate surface area is 122 Å². The van der Waals surface area contributed by atoms with E-state index < -0.39 is 9.84 Å². The van der Waals surface area contributed by atoms with Gasteiger partial charge in [0.05, 0.1) is 30.3 Å². The van der Waals surface area contributed by atoms with E-state index in [4.69, 9.17) is 10.1 Å². The zero-order valence-electron chi connectivity index (χ0n) is 11.3. The van der Waals surface area contributed by atoms with E-state index in [0.29, 0.717) is 10.9 Å². The van der Waals surface area contributed by atoms with E-state index in [1.165, 1.54) is 11.8 Å². The summed E-state index contributed by atoms with van der Waals surface area (Å²) < 4.78 is 29.0. The number of rotatable bonds is 2. The van der Waals surface area contributed by atoms with Crippen molar-refractivity contribution in [3.05, 3.63) is 23.8 Å². The van der Waals surface area contributed by atoms with Crippen LogP contribution in [-0.4, -0.2) is 43.5 Å². The van der Waals surface area contributed by atoms with Crippen molar-refractivity contribution < 1.29 is 13.2 Å². The van der Waals surface area contributed by atoms with Crippen LogP contribution in [0.4, 0.5) is 5.69 Å². The third-order valence-electron chi connectivity index (χ3n) is 3.68. The fourth-order valence-electron chi connectivity index (χ4n) is 2.78. The molecule has 1 aromatic carbocycles. The van der Waals surface area contributed by atoms with Crippen LogP contribution in [-0.2, 0) is 9.84 Å². The Morgan fingerprint density at radius 2 is 2.15 bits per heavy atom. The summed E-state index contributed by atoms with van der Waals surface area (Å²) in [6.45, 7) is 1.97. The van der Waals surface area contributed by atoms with Gasteiger partial charge in [0.25, 0.3) is 0 Å². The van der Waals surface area contributed by atoms with Gasteiger partial charge >= 0.3 is 0 Å². The van der Waals surface area contributed by atoms with Gasteiger partial charge in [0.1, 0.15) is 5.75 Å². The molecule has 2 saturated heterocycles. The number of aryl methyl sites for hydroxylation is 1. The number of hydrogen-bond donors (Lipinski definition) is 1. The van der Waals surface area contributed by atoms with E-state index in [2.05, 4.69) is 0 Å². The van der Waals surface area contributed by atoms with E-state index in [0.717, 1.165) is 11.3 Å². The van der Waals surface area contributed by atoms with Gasteiger partial charge in [-0.05, 0) is 24.6 Å². The van der Waals surface area contributed by atoms with Gasteiger partial charge < -0.3 is 9.64 Å². The normalized spacial score (nSPS) is 27.7. The van der Waals surface area contributed by atoms with Crippen LogP contribution < -0.4 is 9.64 Å². The molecule has 2 unspecified atom stereocenters. The molecule has 20 heavy (non-hydrogen) atoms. The van der Waals surface area contributed by atoms with Crippen molar-refractivity contribution in [2.75, 3.05) is 23.5 Å². The highest BCUT2D eigenvalue weighted by molar-refractivity contribution is 8.15. The molecular formula is C13H16N2O3S2. The molecular weight excluding hydrogens is 296 g/mol. The van der Waals surface area contributed by atoms with Crippen LogP contribution in [0.5, 0.6) is 5.75 Å². The molecule has 2 atom stereocenters. The molecule has 0 radical (unpaired) electrons. The topological polar surface area (TPSA) is 70.5 Å². The number of sulfone groups is 1. The maximum absolute atomic E-state index is 11.8. The lowest BCUT2D eigenvalue weighted by atomic mass is 10.1. The van der Waals surface area contributed by atoms with Crippen LogP contribution in [0, 0.1) is 12.3 Å². The molecule has 108 valence electrons. The number of amidine groups is 1. The molecule has 1 aromatic rings. The number of methoxy groups -OCH3 is 1. The third-order valence-corrected chi connectivity index (χ3v) is 6.81. The van der Waals surface area contributed by atoms with Crippen LogP contribution in [0.3, 0.4) is 0 Å². The van der Waals surface area contributed by atoms with Crippen molar-refractivity contribution in [3.8, 4) is 5.75 Å². The first-order valence-corrected chi connectivity index (χ1v) is 9.01. The largest absolute Gasteiger partial charge is 0.495 e. The van der Waals surface area contributed by atoms with Gasteiger partial charge in [-0.2, -0.15) is 0 Å². The van der Waals surface area contributed by atoms with Crippen molar-refractivity contribution in [1.82, 2.24) is 0 Å². The number of anilines is 1. The third kappa shape index (κ3) is 2.18. The second-order valence-corrected chi connectivity index (χ2v) is 8.53. The predicted octanol–water partition coefficient (Wildman–Crippen LogP) is 1.66. The summed E-state index contributed by atoms with van der Waals surface area (Å²) in [7, 11) is -1.41. The highest BCUT2D eigenvalue weighted by Gasteiger charge is 2.49. The number of nitrogens with zero attached hydrogens (tertiary/aromatic N) is 1. The summed E-state index contributed by atoms with van der Waals surface area (Å²) in [5.41, 5.74) is 1.84. The van der Waals surface area contributed by atoms with E-state index >= 15 is 0 Å². The minimum absolute atomic E-state index is 0.0438. The molecule has 0 saturated carbocycles. The Balaban J connectivity index is 2.05. The van der Waals surface area contributed by atoms with E-state index in [1.54, 1.807) is 7.11 Å². The summed E-state index contributed by atoms with van der Waals surface area (Å²) in [4.78, 5) is 1.81. The van der Waals surface area contributed by atoms with Gasteiger partial charge in [0, 0.05) is 5.25 Å². The number of fused-ring (bicyclic) bond motifs is 1. The summed E-state index contributed by atoms with van der Waals surface area (Å²) in [5, 5.41) is 8.51. The van der Waals surface area contributed by atoms with Crippen molar-refractivity contribution >= 4 is 32.5 Å². The summed E-state index contributed by atoms with van der Waals surface area (Å²) in [5.74, 6) is 0.949. The van der Waals surface area contributed by atoms with E-state index in [-0.39, 0.29) is 22.8 Å². The van der Waals surface area contributed by atoms with Gasteiger partial charge in [0.15, 0.2) is 15.0 Å². The zero-order chi connectivity index (χ0) is 14.5. The van der Waals surface area contributed by atoms with Crippen LogP contribution in [0.1, 0.15) is 5.56 Å². The summed E-state index contributed by atoms with van der Waals surface area (Å²) in [6.07, 6.45) is 0. The van der Waals surface area contributed by atoms with Gasteiger partial charge in [-0.1, -0.05) is 17.8 Å². The average molecular weight is 312 g/mol. The molecule has 1 N–H and O–H groups in total. The molecule has 0 aromatic heterocycles. The first kappa shape index (κ1) is 13.8. The molecule has 3 rings (SSSR count). The number of nitrogens with one attached hydrogen (secondary N) is 1. The minimum Gasteiger partial charge on any atom is -0.495 e. The second-order valence-electron chi connectivity index (χ2n) is 5.15. The lowest BCUT2D eigenvalue weighted by Gasteiger charge is -2.26. The van der Waals surface area contributed by atoms with Gasteiger partial charge in [-0.25, -0.2) is 8.42 Å². The maximum Gasteiger partial charge on any atom is 0.161 e. The van der Waals surface area contributed by atoms with Gasteiger partial charge in [-0.15, -0.1) is 0 Å². The highest BCUT2D eigenvalue weighted by Crippen LogP contribution is 2.43. The molecule has 2 fully saturated rings. The minimum atomic E-state index is -3.00. The molecule has 0 bridgehead atoms. The first-order valence-electron chi connectivity index (χ1n) is 6.31. The lowest BCUT2D eigenvalue weighted by Crippen LogP contribution is -2.37. The van der Waals surface area contributed by atoms with Crippen molar-refractivity contribution in [1.29, 1.82) is 5.41 Å². The first-order chi connectivity index (χ1) is 9.41. The highest BCUT2D eigenvalue weighted by atomic mass is 32.2. The maximum atomic E-state index is 11.8. The van der Waals surface area contributed by atoms with Gasteiger partial charge in [0.2, 0.25) is 0 Å². The summed E-state index contributed by atoms with van der Waals surface area (Å²) in [6, 6.07) is 5.59. The monoisotopic (exact) mass is 312 g/mol. The lowest BCUT2D eigenvalue weighted by molar-refractivity contribution is 0.415. The molecule has 2 aliphatic rings. The Hall–Kier alpha value is -1.21. The Morgan fingerprint density at radius 3 is 2.85 bits per heavy atom. The molecule has 0 amide bonds. The SMILES string of the molecule is COc1ccc(C)cc1N1C(=N)SC2CS(=O)(=O)CC21. The smallest absolute Gasteiger partial charge is 0.161 e. The quantitative estimate of drug-likeness (QED) is 0.899. The Morgan fingerprint density at radius 1 is 1.40 bits per heavy atom. The zero-order valence-corrected chi connectivity index (χ0v) is 12.9. The predicted molar refractivity (Wildman–Crippen MR) is 81.8 cm³/mol. The average Bonchev–Trinajstić information content (AvgIpc) is 2.79. The fourth-order valence-corrected chi connectivity index (χ4v) is 6.56. The second kappa shape index (κ2) is 4.66. The number of hydrogen-bond acceptors (Lipinski definition) is 5. The van der Waals surface area contributed by atoms with Crippen molar-refractivity contribution in [3.63, 3.8) is 0 Å². The van der Waals surface area contributed by atoms with E-state index in [1.807, 2.05) is 30.0 Å². The van der Waals surface area contributed by atoms with Crippen LogP contribution in [0.15, 0.2) is 18.2 Å². The van der Waals surface area contributed by atoms with Gasteiger partial charge in [-0.3, -0.25) is 5.41 Å².